The minimum absolute atomic E-state index is 0.0616. The molecule has 0 aliphatic rings. The van der Waals surface area contributed by atoms with Crippen molar-refractivity contribution in [3.8, 4) is 0 Å². The zero-order valence-electron chi connectivity index (χ0n) is 11.5. The van der Waals surface area contributed by atoms with Crippen molar-refractivity contribution in [3.63, 3.8) is 0 Å². The molecule has 0 saturated carbocycles. The summed E-state index contributed by atoms with van der Waals surface area (Å²) in [6.07, 6.45) is 1.35. The number of aromatic nitrogens is 2. The molecule has 18 heavy (non-hydrogen) atoms. The average molecular weight is 275 g/mol. The fourth-order valence-electron chi connectivity index (χ4n) is 2.23. The van der Waals surface area contributed by atoms with Crippen LogP contribution in [0.15, 0.2) is 6.20 Å². The van der Waals surface area contributed by atoms with Crippen LogP contribution in [0.5, 0.6) is 0 Å². The molecule has 0 spiro atoms. The minimum atomic E-state index is -0.993. The summed E-state index contributed by atoms with van der Waals surface area (Å²) in [7, 11) is 0. The monoisotopic (exact) mass is 274 g/mol. The van der Waals surface area contributed by atoms with Crippen LogP contribution >= 0.6 is 11.6 Å². The molecule has 1 aromatic heterocycles. The van der Waals surface area contributed by atoms with Crippen molar-refractivity contribution in [2.24, 2.45) is 5.92 Å². The van der Waals surface area contributed by atoms with Gasteiger partial charge in [0.05, 0.1) is 23.0 Å². The highest BCUT2D eigenvalue weighted by Gasteiger charge is 2.30. The first kappa shape index (κ1) is 15.5. The van der Waals surface area contributed by atoms with E-state index in [4.69, 9.17) is 11.6 Å². The van der Waals surface area contributed by atoms with E-state index in [1.54, 1.807) is 4.68 Å². The van der Waals surface area contributed by atoms with Gasteiger partial charge in [-0.1, -0.05) is 38.3 Å². The van der Waals surface area contributed by atoms with Crippen molar-refractivity contribution in [1.82, 2.24) is 9.78 Å². The van der Waals surface area contributed by atoms with Crippen molar-refractivity contribution < 1.29 is 10.2 Å². The van der Waals surface area contributed by atoms with Crippen LogP contribution in [-0.2, 0) is 0 Å². The van der Waals surface area contributed by atoms with Crippen molar-refractivity contribution in [1.29, 1.82) is 0 Å². The lowest BCUT2D eigenvalue weighted by molar-refractivity contribution is -0.0256. The van der Waals surface area contributed by atoms with Crippen LogP contribution in [0.2, 0.25) is 5.02 Å². The molecule has 0 bridgehead atoms. The van der Waals surface area contributed by atoms with Gasteiger partial charge in [0, 0.05) is 6.04 Å². The molecular formula is C13H23ClN2O2. The summed E-state index contributed by atoms with van der Waals surface area (Å²) in [5.41, 5.74) is 0.506. The Hall–Kier alpha value is -0.580. The lowest BCUT2D eigenvalue weighted by atomic mass is 9.91. The van der Waals surface area contributed by atoms with Gasteiger partial charge in [-0.3, -0.25) is 4.68 Å². The van der Waals surface area contributed by atoms with Crippen LogP contribution < -0.4 is 0 Å². The van der Waals surface area contributed by atoms with Gasteiger partial charge in [0.15, 0.2) is 0 Å². The van der Waals surface area contributed by atoms with E-state index in [1.165, 1.54) is 6.20 Å². The van der Waals surface area contributed by atoms with E-state index in [0.29, 0.717) is 10.7 Å². The first-order valence-corrected chi connectivity index (χ1v) is 6.90. The maximum Gasteiger partial charge on any atom is 0.123 e. The Bertz CT molecular complexity index is 375. The zero-order valence-corrected chi connectivity index (χ0v) is 12.2. The molecule has 1 aromatic rings. The summed E-state index contributed by atoms with van der Waals surface area (Å²) in [5, 5.41) is 25.1. The molecule has 2 N–H and O–H groups in total. The quantitative estimate of drug-likeness (QED) is 0.838. The van der Waals surface area contributed by atoms with Crippen molar-refractivity contribution in [2.75, 3.05) is 0 Å². The highest BCUT2D eigenvalue weighted by molar-refractivity contribution is 6.31. The third-order valence-corrected chi connectivity index (χ3v) is 3.70. The lowest BCUT2D eigenvalue weighted by Crippen LogP contribution is -2.29. The molecule has 104 valence electrons. The number of aliphatic hydroxyl groups is 2. The number of hydrogen-bond donors (Lipinski definition) is 2. The van der Waals surface area contributed by atoms with Gasteiger partial charge in [0.25, 0.3) is 0 Å². The first-order chi connectivity index (χ1) is 8.43. The smallest absolute Gasteiger partial charge is 0.123 e. The molecule has 0 aliphatic heterocycles. The van der Waals surface area contributed by atoms with E-state index in [0.717, 1.165) is 12.8 Å². The van der Waals surface area contributed by atoms with Gasteiger partial charge in [-0.2, -0.15) is 5.10 Å². The topological polar surface area (TPSA) is 58.3 Å². The standard InChI is InChI=1S/C13H23ClN2O2/c1-5-9(6-2)12(17)13(18)11-10(14)7-15-16(11)8(3)4/h7-9,12-13,17-18H,5-6H2,1-4H3. The number of hydrogen-bond acceptors (Lipinski definition) is 3. The maximum atomic E-state index is 10.3. The fraction of sp³-hybridized carbons (Fsp3) is 0.769. The van der Waals surface area contributed by atoms with E-state index in [-0.39, 0.29) is 12.0 Å². The summed E-state index contributed by atoms with van der Waals surface area (Å²) in [4.78, 5) is 0. The fourth-order valence-corrected chi connectivity index (χ4v) is 2.47. The van der Waals surface area contributed by atoms with Crippen LogP contribution in [0.1, 0.15) is 58.4 Å². The largest absolute Gasteiger partial charge is 0.390 e. The third kappa shape index (κ3) is 3.05. The van der Waals surface area contributed by atoms with E-state index in [1.807, 2.05) is 27.7 Å². The SMILES string of the molecule is CCC(CC)C(O)C(O)c1c(Cl)cnn1C(C)C. The molecule has 0 fully saturated rings. The van der Waals surface area contributed by atoms with Gasteiger partial charge >= 0.3 is 0 Å². The molecular weight excluding hydrogens is 252 g/mol. The Kier molecular flexibility index (Phi) is 5.63. The molecule has 1 heterocycles. The highest BCUT2D eigenvalue weighted by atomic mass is 35.5. The van der Waals surface area contributed by atoms with Gasteiger partial charge in [-0.05, 0) is 19.8 Å². The normalized spacial score (nSPS) is 15.4. The molecule has 0 radical (unpaired) electrons. The molecule has 5 heteroatoms. The summed E-state index contributed by atoms with van der Waals surface area (Å²) in [6, 6.07) is 0.0936. The average Bonchev–Trinajstić information content (AvgIpc) is 2.71. The van der Waals surface area contributed by atoms with Crippen LogP contribution in [0.4, 0.5) is 0 Å². The number of halogens is 1. The zero-order chi connectivity index (χ0) is 13.9. The number of nitrogens with zero attached hydrogens (tertiary/aromatic N) is 2. The highest BCUT2D eigenvalue weighted by Crippen LogP contribution is 2.31. The molecule has 0 aliphatic carbocycles. The van der Waals surface area contributed by atoms with Crippen LogP contribution in [-0.4, -0.2) is 26.1 Å². The number of aliphatic hydroxyl groups excluding tert-OH is 2. The summed E-state index contributed by atoms with van der Waals surface area (Å²) >= 11 is 6.06. The predicted octanol–water partition coefficient (Wildman–Crippen LogP) is 2.95. The van der Waals surface area contributed by atoms with E-state index >= 15 is 0 Å². The van der Waals surface area contributed by atoms with Gasteiger partial charge in [-0.25, -0.2) is 0 Å². The van der Waals surface area contributed by atoms with Crippen molar-refractivity contribution in [3.05, 3.63) is 16.9 Å². The molecule has 0 amide bonds. The Morgan fingerprint density at radius 3 is 2.28 bits per heavy atom. The van der Waals surface area contributed by atoms with Gasteiger partial charge < -0.3 is 10.2 Å². The van der Waals surface area contributed by atoms with Gasteiger partial charge in [0.2, 0.25) is 0 Å². The number of rotatable bonds is 6. The second-order valence-electron chi connectivity index (χ2n) is 4.93. The summed E-state index contributed by atoms with van der Waals surface area (Å²) in [6.45, 7) is 7.93. The molecule has 2 unspecified atom stereocenters. The molecule has 0 saturated heterocycles. The Balaban J connectivity index is 3.02. The van der Waals surface area contributed by atoms with E-state index < -0.39 is 12.2 Å². The summed E-state index contributed by atoms with van der Waals surface area (Å²) in [5.74, 6) is 0.0616. The molecule has 4 nitrogen and oxygen atoms in total. The van der Waals surface area contributed by atoms with Crippen LogP contribution in [0, 0.1) is 5.92 Å². The summed E-state index contributed by atoms with van der Waals surface area (Å²) < 4.78 is 1.67. The second-order valence-corrected chi connectivity index (χ2v) is 5.34. The predicted molar refractivity (Wildman–Crippen MR) is 72.7 cm³/mol. The lowest BCUT2D eigenvalue weighted by Gasteiger charge is -2.26. The van der Waals surface area contributed by atoms with Crippen LogP contribution in [0.3, 0.4) is 0 Å². The van der Waals surface area contributed by atoms with Gasteiger partial charge in [0.1, 0.15) is 6.10 Å². The van der Waals surface area contributed by atoms with Crippen molar-refractivity contribution >= 4 is 11.6 Å². The molecule has 2 atom stereocenters. The Morgan fingerprint density at radius 2 is 1.83 bits per heavy atom. The van der Waals surface area contributed by atoms with Gasteiger partial charge in [-0.15, -0.1) is 0 Å². The molecule has 0 aromatic carbocycles. The van der Waals surface area contributed by atoms with E-state index in [2.05, 4.69) is 5.10 Å². The third-order valence-electron chi connectivity index (χ3n) is 3.41. The van der Waals surface area contributed by atoms with Crippen LogP contribution in [0.25, 0.3) is 0 Å². The Morgan fingerprint density at radius 1 is 1.28 bits per heavy atom. The Labute approximate surface area is 114 Å². The second kappa shape index (κ2) is 6.55. The maximum absolute atomic E-state index is 10.3. The molecule has 1 rings (SSSR count). The first-order valence-electron chi connectivity index (χ1n) is 6.52. The van der Waals surface area contributed by atoms with E-state index in [9.17, 15) is 10.2 Å². The van der Waals surface area contributed by atoms with Crippen molar-refractivity contribution in [2.45, 2.75) is 58.8 Å². The minimum Gasteiger partial charge on any atom is -0.390 e.